The van der Waals surface area contributed by atoms with Crippen molar-refractivity contribution < 1.29 is 0 Å². The minimum atomic E-state index is -0.669. The molecule has 1 aliphatic heterocycles. The molecule has 0 aliphatic carbocycles. The highest BCUT2D eigenvalue weighted by Gasteiger charge is 2.33. The Labute approximate surface area is 147 Å². The highest BCUT2D eigenvalue weighted by atomic mass is 79.9. The van der Waals surface area contributed by atoms with E-state index in [4.69, 9.17) is 11.6 Å². The zero-order valence-electron chi connectivity index (χ0n) is 12.2. The topological polar surface area (TPSA) is 30.2 Å². The van der Waals surface area contributed by atoms with Crippen LogP contribution in [0.1, 0.15) is 5.56 Å². The third-order valence-electron chi connectivity index (χ3n) is 4.00. The highest BCUT2D eigenvalue weighted by molar-refractivity contribution is 9.10. The van der Waals surface area contributed by atoms with E-state index < -0.39 is 4.87 Å². The van der Waals surface area contributed by atoms with Crippen LogP contribution in [0.2, 0.25) is 0 Å². The van der Waals surface area contributed by atoms with E-state index >= 15 is 0 Å². The standard InChI is InChI=1S/C18H13BrClN3/c19-15-8-6-14(7-9-15)18(20)11-22-17-21-10-16(23(17)12-18)13-4-2-1-3-5-13/h1-11H,12H2. The van der Waals surface area contributed by atoms with Gasteiger partial charge in [0.05, 0.1) is 18.4 Å². The predicted octanol–water partition coefficient (Wildman–Crippen LogP) is 5.16. The molecular formula is C18H13BrClN3. The van der Waals surface area contributed by atoms with Crippen LogP contribution in [0.25, 0.3) is 11.3 Å². The first-order chi connectivity index (χ1) is 11.2. The average Bonchev–Trinajstić information content (AvgIpc) is 2.99. The summed E-state index contributed by atoms with van der Waals surface area (Å²) in [5, 5.41) is 0. The van der Waals surface area contributed by atoms with Crippen LogP contribution in [0.4, 0.5) is 5.95 Å². The van der Waals surface area contributed by atoms with E-state index in [1.165, 1.54) is 0 Å². The normalized spacial score (nSPS) is 19.6. The van der Waals surface area contributed by atoms with Crippen LogP contribution in [-0.2, 0) is 11.4 Å². The van der Waals surface area contributed by atoms with Crippen LogP contribution in [0.3, 0.4) is 0 Å². The van der Waals surface area contributed by atoms with Gasteiger partial charge in [-0.25, -0.2) is 9.98 Å². The maximum absolute atomic E-state index is 6.88. The molecule has 0 spiro atoms. The van der Waals surface area contributed by atoms with Crippen molar-refractivity contribution in [3.05, 3.63) is 70.8 Å². The van der Waals surface area contributed by atoms with Crippen molar-refractivity contribution in [1.29, 1.82) is 0 Å². The second-order valence-electron chi connectivity index (χ2n) is 5.52. The molecule has 3 nitrogen and oxygen atoms in total. The molecule has 1 unspecified atom stereocenters. The summed E-state index contributed by atoms with van der Waals surface area (Å²) in [5.74, 6) is 0.692. The highest BCUT2D eigenvalue weighted by Crippen LogP contribution is 2.37. The molecule has 1 aromatic heterocycles. The van der Waals surface area contributed by atoms with Gasteiger partial charge in [-0.05, 0) is 23.3 Å². The van der Waals surface area contributed by atoms with Crippen molar-refractivity contribution in [1.82, 2.24) is 9.55 Å². The molecule has 0 amide bonds. The van der Waals surface area contributed by atoms with E-state index in [0.717, 1.165) is 21.3 Å². The van der Waals surface area contributed by atoms with E-state index in [2.05, 4.69) is 42.6 Å². The number of hydrogen-bond donors (Lipinski definition) is 0. The summed E-state index contributed by atoms with van der Waals surface area (Å²) in [4.78, 5) is 8.21. The molecule has 23 heavy (non-hydrogen) atoms. The number of hydrogen-bond acceptors (Lipinski definition) is 2. The van der Waals surface area contributed by atoms with Gasteiger partial charge in [-0.1, -0.05) is 58.4 Å². The van der Waals surface area contributed by atoms with Gasteiger partial charge >= 0.3 is 0 Å². The molecule has 114 valence electrons. The fourth-order valence-corrected chi connectivity index (χ4v) is 3.35. The average molecular weight is 387 g/mol. The van der Waals surface area contributed by atoms with Gasteiger partial charge in [0, 0.05) is 10.7 Å². The van der Waals surface area contributed by atoms with Crippen LogP contribution in [0, 0.1) is 0 Å². The second kappa shape index (κ2) is 5.62. The number of aliphatic imine (C=N–C) groups is 1. The van der Waals surface area contributed by atoms with Crippen molar-refractivity contribution in [3.8, 4) is 11.3 Å². The number of alkyl halides is 1. The summed E-state index contributed by atoms with van der Waals surface area (Å²) in [5.41, 5.74) is 3.15. The summed E-state index contributed by atoms with van der Waals surface area (Å²) < 4.78 is 3.10. The molecule has 1 atom stereocenters. The number of fused-ring (bicyclic) bond motifs is 1. The lowest BCUT2D eigenvalue weighted by Gasteiger charge is -2.28. The third-order valence-corrected chi connectivity index (χ3v) is 4.97. The molecule has 0 saturated heterocycles. The van der Waals surface area contributed by atoms with Crippen molar-refractivity contribution in [2.45, 2.75) is 11.4 Å². The van der Waals surface area contributed by atoms with Gasteiger partial charge in [0.1, 0.15) is 4.87 Å². The first-order valence-corrected chi connectivity index (χ1v) is 8.44. The second-order valence-corrected chi connectivity index (χ2v) is 7.11. The van der Waals surface area contributed by atoms with Crippen LogP contribution < -0.4 is 0 Å². The Morgan fingerprint density at radius 3 is 2.52 bits per heavy atom. The molecule has 4 rings (SSSR count). The Hall–Kier alpha value is -1.91. The van der Waals surface area contributed by atoms with Crippen molar-refractivity contribution in [2.75, 3.05) is 0 Å². The smallest absolute Gasteiger partial charge is 0.229 e. The molecule has 1 aliphatic rings. The zero-order chi connectivity index (χ0) is 15.9. The summed E-state index contributed by atoms with van der Waals surface area (Å²) in [6.45, 7) is 0.596. The summed E-state index contributed by atoms with van der Waals surface area (Å²) in [7, 11) is 0. The van der Waals surface area contributed by atoms with E-state index in [1.54, 1.807) is 6.21 Å². The number of benzene rings is 2. The molecule has 5 heteroatoms. The van der Waals surface area contributed by atoms with E-state index in [0.29, 0.717) is 12.5 Å². The van der Waals surface area contributed by atoms with Crippen LogP contribution in [0.5, 0.6) is 0 Å². The zero-order valence-corrected chi connectivity index (χ0v) is 14.5. The molecule has 3 aromatic rings. The van der Waals surface area contributed by atoms with Gasteiger partial charge in [-0.3, -0.25) is 0 Å². The molecule has 0 radical (unpaired) electrons. The van der Waals surface area contributed by atoms with Gasteiger partial charge in [0.25, 0.3) is 0 Å². The monoisotopic (exact) mass is 385 g/mol. The fraction of sp³-hybridized carbons (Fsp3) is 0.111. The number of halogens is 2. The van der Waals surface area contributed by atoms with E-state index in [1.807, 2.05) is 48.7 Å². The van der Waals surface area contributed by atoms with Crippen molar-refractivity contribution in [2.24, 2.45) is 4.99 Å². The number of nitrogens with zero attached hydrogens (tertiary/aromatic N) is 3. The lowest BCUT2D eigenvalue weighted by atomic mass is 9.98. The molecule has 0 fully saturated rings. The molecule has 2 heterocycles. The fourth-order valence-electron chi connectivity index (χ4n) is 2.79. The number of aromatic nitrogens is 2. The van der Waals surface area contributed by atoms with Gasteiger partial charge in [-0.2, -0.15) is 0 Å². The van der Waals surface area contributed by atoms with Gasteiger partial charge in [-0.15, -0.1) is 11.6 Å². The molecule has 0 N–H and O–H groups in total. The SMILES string of the molecule is ClC1(c2ccc(Br)cc2)C=Nc2ncc(-c3ccccc3)n2C1. The summed E-state index contributed by atoms with van der Waals surface area (Å²) >= 11 is 10.3. The molecule has 0 bridgehead atoms. The molecule has 2 aromatic carbocycles. The minimum absolute atomic E-state index is 0.596. The van der Waals surface area contributed by atoms with Gasteiger partial charge in [0.15, 0.2) is 0 Å². The van der Waals surface area contributed by atoms with Crippen molar-refractivity contribution in [3.63, 3.8) is 0 Å². The van der Waals surface area contributed by atoms with Crippen LogP contribution in [0.15, 0.2) is 70.3 Å². The minimum Gasteiger partial charge on any atom is -0.306 e. The molecule has 0 saturated carbocycles. The molecular weight excluding hydrogens is 374 g/mol. The number of imidazole rings is 1. The number of rotatable bonds is 2. The Kier molecular flexibility index (Phi) is 3.58. The Morgan fingerprint density at radius 1 is 1.04 bits per heavy atom. The predicted molar refractivity (Wildman–Crippen MR) is 97.5 cm³/mol. The van der Waals surface area contributed by atoms with Crippen molar-refractivity contribution >= 4 is 39.7 Å². The van der Waals surface area contributed by atoms with Gasteiger partial charge in [0.2, 0.25) is 5.95 Å². The Balaban J connectivity index is 1.77. The third kappa shape index (κ3) is 2.62. The Morgan fingerprint density at radius 2 is 1.78 bits per heavy atom. The summed E-state index contributed by atoms with van der Waals surface area (Å²) in [6.07, 6.45) is 3.64. The largest absolute Gasteiger partial charge is 0.306 e. The first-order valence-electron chi connectivity index (χ1n) is 7.27. The lowest BCUT2D eigenvalue weighted by Crippen LogP contribution is -2.30. The van der Waals surface area contributed by atoms with Gasteiger partial charge < -0.3 is 4.57 Å². The maximum Gasteiger partial charge on any atom is 0.229 e. The van der Waals surface area contributed by atoms with E-state index in [9.17, 15) is 0 Å². The Bertz CT molecular complexity index is 871. The van der Waals surface area contributed by atoms with E-state index in [-0.39, 0.29) is 0 Å². The van der Waals surface area contributed by atoms with Crippen LogP contribution >= 0.6 is 27.5 Å². The lowest BCUT2D eigenvalue weighted by molar-refractivity contribution is 0.611. The quantitative estimate of drug-likeness (QED) is 0.559. The van der Waals surface area contributed by atoms with Crippen LogP contribution in [-0.4, -0.2) is 15.8 Å². The first kappa shape index (κ1) is 14.7. The summed E-state index contributed by atoms with van der Waals surface area (Å²) in [6, 6.07) is 18.2. The maximum atomic E-state index is 6.88.